The number of rotatable bonds is 6. The van der Waals surface area contributed by atoms with E-state index in [1.54, 1.807) is 5.51 Å². The number of nitrogens with one attached hydrogen (secondary N) is 2. The van der Waals surface area contributed by atoms with E-state index in [4.69, 9.17) is 0 Å². The number of hydrogen-bond donors (Lipinski definition) is 2. The molecule has 110 valence electrons. The van der Waals surface area contributed by atoms with E-state index in [-0.39, 0.29) is 11.6 Å². The molecule has 0 atom stereocenters. The number of thiazole rings is 1. The van der Waals surface area contributed by atoms with Crippen molar-refractivity contribution in [2.75, 3.05) is 11.9 Å². The van der Waals surface area contributed by atoms with Crippen molar-refractivity contribution in [2.24, 2.45) is 0 Å². The number of benzene rings is 1. The molecule has 1 heterocycles. The highest BCUT2D eigenvalue weighted by molar-refractivity contribution is 7.07. The smallest absolute Gasteiger partial charge is 0.292 e. The van der Waals surface area contributed by atoms with Crippen LogP contribution in [-0.4, -0.2) is 22.4 Å². The maximum Gasteiger partial charge on any atom is 0.292 e. The quantitative estimate of drug-likeness (QED) is 0.631. The van der Waals surface area contributed by atoms with Gasteiger partial charge < -0.3 is 10.6 Å². The SMILES string of the molecule is CCNc1cc(C(=O)NCc2cscn2)ccc1[N+](=O)[O-]. The van der Waals surface area contributed by atoms with Crippen molar-refractivity contribution in [3.63, 3.8) is 0 Å². The van der Waals surface area contributed by atoms with Gasteiger partial charge in [0.15, 0.2) is 0 Å². The van der Waals surface area contributed by atoms with Gasteiger partial charge in [-0.15, -0.1) is 11.3 Å². The summed E-state index contributed by atoms with van der Waals surface area (Å²) in [5.41, 5.74) is 3.13. The summed E-state index contributed by atoms with van der Waals surface area (Å²) in [5, 5.41) is 18.4. The molecule has 1 amide bonds. The molecule has 2 aromatic rings. The van der Waals surface area contributed by atoms with Crippen LogP contribution >= 0.6 is 11.3 Å². The van der Waals surface area contributed by atoms with Gasteiger partial charge in [0.1, 0.15) is 5.69 Å². The summed E-state index contributed by atoms with van der Waals surface area (Å²) in [6.07, 6.45) is 0. The second kappa shape index (κ2) is 6.80. The van der Waals surface area contributed by atoms with Crippen molar-refractivity contribution < 1.29 is 9.72 Å². The molecule has 0 aliphatic heterocycles. The maximum atomic E-state index is 12.0. The van der Waals surface area contributed by atoms with Gasteiger partial charge in [-0.2, -0.15) is 0 Å². The molecule has 0 saturated heterocycles. The number of carbonyl (C=O) groups is 1. The summed E-state index contributed by atoms with van der Waals surface area (Å²) < 4.78 is 0. The summed E-state index contributed by atoms with van der Waals surface area (Å²) >= 11 is 1.45. The highest BCUT2D eigenvalue weighted by atomic mass is 32.1. The first-order chi connectivity index (χ1) is 10.1. The molecule has 1 aromatic heterocycles. The lowest BCUT2D eigenvalue weighted by atomic mass is 10.1. The Morgan fingerprint density at radius 3 is 2.90 bits per heavy atom. The highest BCUT2D eigenvalue weighted by Gasteiger charge is 2.16. The molecule has 0 spiro atoms. The molecule has 0 aliphatic carbocycles. The third-order valence-electron chi connectivity index (χ3n) is 2.74. The predicted molar refractivity (Wildman–Crippen MR) is 80.5 cm³/mol. The van der Waals surface area contributed by atoms with Crippen molar-refractivity contribution in [3.8, 4) is 0 Å². The Balaban J connectivity index is 2.13. The van der Waals surface area contributed by atoms with Crippen LogP contribution in [-0.2, 0) is 6.54 Å². The molecule has 2 rings (SSSR count). The average molecular weight is 306 g/mol. The number of aromatic nitrogens is 1. The van der Waals surface area contributed by atoms with Gasteiger partial charge in [-0.1, -0.05) is 0 Å². The zero-order valence-corrected chi connectivity index (χ0v) is 12.1. The van der Waals surface area contributed by atoms with Crippen molar-refractivity contribution in [2.45, 2.75) is 13.5 Å². The molecule has 21 heavy (non-hydrogen) atoms. The van der Waals surface area contributed by atoms with Crippen molar-refractivity contribution in [1.82, 2.24) is 10.3 Å². The van der Waals surface area contributed by atoms with Gasteiger partial charge in [0.05, 0.1) is 22.7 Å². The maximum absolute atomic E-state index is 12.0. The fourth-order valence-electron chi connectivity index (χ4n) is 1.77. The molecule has 1 aromatic carbocycles. The Bertz CT molecular complexity index is 643. The Labute approximate surface area is 125 Å². The van der Waals surface area contributed by atoms with Gasteiger partial charge in [-0.05, 0) is 19.1 Å². The summed E-state index contributed by atoms with van der Waals surface area (Å²) in [6.45, 7) is 2.69. The monoisotopic (exact) mass is 306 g/mol. The van der Waals surface area contributed by atoms with E-state index in [9.17, 15) is 14.9 Å². The third kappa shape index (κ3) is 3.76. The van der Waals surface area contributed by atoms with Gasteiger partial charge in [-0.3, -0.25) is 14.9 Å². The Morgan fingerprint density at radius 1 is 1.48 bits per heavy atom. The molecule has 0 bridgehead atoms. The Hall–Kier alpha value is -2.48. The van der Waals surface area contributed by atoms with Crippen LogP contribution in [0, 0.1) is 10.1 Å². The van der Waals surface area contributed by atoms with Crippen LogP contribution in [0.1, 0.15) is 23.0 Å². The molecule has 0 aliphatic rings. The molecular weight excluding hydrogens is 292 g/mol. The molecule has 0 saturated carbocycles. The first-order valence-corrected chi connectivity index (χ1v) is 7.23. The molecule has 8 heteroatoms. The number of nitrogens with zero attached hydrogens (tertiary/aromatic N) is 2. The van der Waals surface area contributed by atoms with E-state index in [1.165, 1.54) is 29.5 Å². The standard InChI is InChI=1S/C13H14N4O3S/c1-2-14-11-5-9(3-4-12(11)17(19)20)13(18)15-6-10-7-21-8-16-10/h3-5,7-8,14H,2,6H2,1H3,(H,15,18). The minimum absolute atomic E-state index is 0.0482. The molecule has 0 unspecified atom stereocenters. The van der Waals surface area contributed by atoms with E-state index < -0.39 is 4.92 Å². The van der Waals surface area contributed by atoms with Crippen LogP contribution in [0.2, 0.25) is 0 Å². The van der Waals surface area contributed by atoms with Crippen molar-refractivity contribution in [3.05, 3.63) is 50.5 Å². The average Bonchev–Trinajstić information content (AvgIpc) is 2.98. The number of amides is 1. The first-order valence-electron chi connectivity index (χ1n) is 6.29. The second-order valence-corrected chi connectivity index (χ2v) is 4.90. The fraction of sp³-hybridized carbons (Fsp3) is 0.231. The van der Waals surface area contributed by atoms with Gasteiger partial charge >= 0.3 is 0 Å². The lowest BCUT2D eigenvalue weighted by Gasteiger charge is -2.08. The Kier molecular flexibility index (Phi) is 4.83. The molecule has 0 fully saturated rings. The fourth-order valence-corrected chi connectivity index (χ4v) is 2.32. The van der Waals surface area contributed by atoms with Crippen molar-refractivity contribution in [1.29, 1.82) is 0 Å². The Morgan fingerprint density at radius 2 is 2.29 bits per heavy atom. The third-order valence-corrected chi connectivity index (χ3v) is 3.37. The summed E-state index contributed by atoms with van der Waals surface area (Å²) in [7, 11) is 0. The second-order valence-electron chi connectivity index (χ2n) is 4.18. The van der Waals surface area contributed by atoms with Crippen molar-refractivity contribution >= 4 is 28.6 Å². The van der Waals surface area contributed by atoms with Gasteiger partial charge in [-0.25, -0.2) is 4.98 Å². The van der Waals surface area contributed by atoms with E-state index in [0.717, 1.165) is 5.69 Å². The lowest BCUT2D eigenvalue weighted by Crippen LogP contribution is -2.23. The zero-order valence-electron chi connectivity index (χ0n) is 11.3. The van der Waals surface area contributed by atoms with Crippen LogP contribution in [0.15, 0.2) is 29.1 Å². The first kappa shape index (κ1) is 14.9. The van der Waals surface area contributed by atoms with Gasteiger partial charge in [0.25, 0.3) is 11.6 Å². The van der Waals surface area contributed by atoms with Gasteiger partial charge in [0.2, 0.25) is 0 Å². The van der Waals surface area contributed by atoms with Crippen LogP contribution in [0.5, 0.6) is 0 Å². The van der Waals surface area contributed by atoms with Crippen LogP contribution in [0.25, 0.3) is 0 Å². The van der Waals surface area contributed by atoms with Gasteiger partial charge in [0, 0.05) is 23.6 Å². The minimum atomic E-state index is -0.477. The predicted octanol–water partition coefficient (Wildman–Crippen LogP) is 2.41. The largest absolute Gasteiger partial charge is 0.380 e. The summed E-state index contributed by atoms with van der Waals surface area (Å²) in [4.78, 5) is 26.6. The van der Waals surface area contributed by atoms with E-state index >= 15 is 0 Å². The number of carbonyl (C=O) groups excluding carboxylic acids is 1. The number of nitro benzene ring substituents is 1. The van der Waals surface area contributed by atoms with Crippen LogP contribution in [0.4, 0.5) is 11.4 Å². The topological polar surface area (TPSA) is 97.2 Å². The number of anilines is 1. The number of nitro groups is 1. The van der Waals surface area contributed by atoms with E-state index in [0.29, 0.717) is 24.3 Å². The van der Waals surface area contributed by atoms with E-state index in [1.807, 2.05) is 12.3 Å². The van der Waals surface area contributed by atoms with Crippen LogP contribution in [0.3, 0.4) is 0 Å². The normalized spacial score (nSPS) is 10.1. The molecular formula is C13H14N4O3S. The highest BCUT2D eigenvalue weighted by Crippen LogP contribution is 2.25. The number of hydrogen-bond acceptors (Lipinski definition) is 6. The zero-order chi connectivity index (χ0) is 15.2. The molecule has 0 radical (unpaired) electrons. The lowest BCUT2D eigenvalue weighted by molar-refractivity contribution is -0.384. The minimum Gasteiger partial charge on any atom is -0.380 e. The summed E-state index contributed by atoms with van der Waals surface area (Å²) in [6, 6.07) is 4.25. The summed E-state index contributed by atoms with van der Waals surface area (Å²) in [5.74, 6) is -0.294. The van der Waals surface area contributed by atoms with E-state index in [2.05, 4.69) is 15.6 Å². The molecule has 2 N–H and O–H groups in total. The van der Waals surface area contributed by atoms with Crippen LogP contribution < -0.4 is 10.6 Å². The molecule has 7 nitrogen and oxygen atoms in total.